The van der Waals surface area contributed by atoms with Gasteiger partial charge in [0.1, 0.15) is 0 Å². The van der Waals surface area contributed by atoms with Crippen LogP contribution in [0.4, 0.5) is 0 Å². The van der Waals surface area contributed by atoms with Crippen molar-refractivity contribution >= 4 is 22.5 Å². The number of aromatic amines is 1. The molecular weight excluding hydrogens is 268 g/mol. The van der Waals surface area contributed by atoms with Crippen molar-refractivity contribution in [3.8, 4) is 11.1 Å². The van der Waals surface area contributed by atoms with E-state index in [9.17, 15) is 0 Å². The van der Waals surface area contributed by atoms with E-state index in [0.717, 1.165) is 30.0 Å². The van der Waals surface area contributed by atoms with Crippen LogP contribution < -0.4 is 5.32 Å². The molecule has 0 fully saturated rings. The summed E-state index contributed by atoms with van der Waals surface area (Å²) >= 11 is 6.38. The second-order valence-electron chi connectivity index (χ2n) is 5.22. The summed E-state index contributed by atoms with van der Waals surface area (Å²) < 4.78 is 0. The van der Waals surface area contributed by atoms with E-state index in [1.807, 2.05) is 12.1 Å². The Morgan fingerprint density at radius 1 is 1.00 bits per heavy atom. The second-order valence-corrected chi connectivity index (χ2v) is 5.63. The highest BCUT2D eigenvalue weighted by atomic mass is 35.5. The fourth-order valence-electron chi connectivity index (χ4n) is 3.08. The molecule has 0 radical (unpaired) electrons. The van der Waals surface area contributed by atoms with Crippen LogP contribution in [0.2, 0.25) is 5.02 Å². The second kappa shape index (κ2) is 4.65. The molecule has 1 aromatic heterocycles. The van der Waals surface area contributed by atoms with E-state index in [2.05, 4.69) is 40.6 Å². The van der Waals surface area contributed by atoms with Crippen molar-refractivity contribution in [3.63, 3.8) is 0 Å². The Morgan fingerprint density at radius 3 is 2.70 bits per heavy atom. The summed E-state index contributed by atoms with van der Waals surface area (Å²) in [5.41, 5.74) is 6.26. The van der Waals surface area contributed by atoms with Crippen molar-refractivity contribution in [2.45, 2.75) is 13.0 Å². The van der Waals surface area contributed by atoms with Crippen LogP contribution in [0, 0.1) is 0 Å². The topological polar surface area (TPSA) is 27.8 Å². The molecule has 0 amide bonds. The first-order chi connectivity index (χ1) is 9.84. The standard InChI is InChI=1S/C17H15ClN2/c18-14-7-6-12(11-4-2-1-3-5-11)16-13-10-19-9-8-15(13)20-17(14)16/h1-7,19-20H,8-10H2. The van der Waals surface area contributed by atoms with Gasteiger partial charge in [0.05, 0.1) is 10.5 Å². The van der Waals surface area contributed by atoms with Crippen LogP contribution in [-0.2, 0) is 13.0 Å². The first kappa shape index (κ1) is 12.0. The Labute approximate surface area is 122 Å². The third kappa shape index (κ3) is 1.76. The third-order valence-electron chi connectivity index (χ3n) is 4.03. The number of hydrogen-bond acceptors (Lipinski definition) is 1. The molecule has 0 atom stereocenters. The van der Waals surface area contributed by atoms with Gasteiger partial charge in [-0.05, 0) is 22.8 Å². The molecule has 2 heterocycles. The summed E-state index contributed by atoms with van der Waals surface area (Å²) in [6, 6.07) is 14.6. The predicted octanol–water partition coefficient (Wildman–Crippen LogP) is 4.13. The molecule has 2 nitrogen and oxygen atoms in total. The van der Waals surface area contributed by atoms with Crippen molar-refractivity contribution in [2.75, 3.05) is 6.54 Å². The van der Waals surface area contributed by atoms with Crippen LogP contribution >= 0.6 is 11.6 Å². The average molecular weight is 283 g/mol. The molecule has 4 rings (SSSR count). The van der Waals surface area contributed by atoms with Gasteiger partial charge in [-0.25, -0.2) is 0 Å². The lowest BCUT2D eigenvalue weighted by Crippen LogP contribution is -2.22. The Hall–Kier alpha value is -1.77. The first-order valence-electron chi connectivity index (χ1n) is 6.92. The minimum Gasteiger partial charge on any atom is -0.357 e. The highest BCUT2D eigenvalue weighted by molar-refractivity contribution is 6.35. The maximum absolute atomic E-state index is 6.38. The first-order valence-corrected chi connectivity index (χ1v) is 7.30. The lowest BCUT2D eigenvalue weighted by atomic mass is 9.97. The maximum atomic E-state index is 6.38. The fourth-order valence-corrected chi connectivity index (χ4v) is 3.29. The lowest BCUT2D eigenvalue weighted by molar-refractivity contribution is 0.641. The van der Waals surface area contributed by atoms with Crippen LogP contribution in [0.25, 0.3) is 22.0 Å². The fraction of sp³-hybridized carbons (Fsp3) is 0.176. The molecule has 100 valence electrons. The predicted molar refractivity (Wildman–Crippen MR) is 84.2 cm³/mol. The summed E-state index contributed by atoms with van der Waals surface area (Å²) in [7, 11) is 0. The molecule has 0 bridgehead atoms. The number of halogens is 1. The van der Waals surface area contributed by atoms with Crippen molar-refractivity contribution in [3.05, 3.63) is 58.7 Å². The number of benzene rings is 2. The van der Waals surface area contributed by atoms with Crippen LogP contribution in [0.1, 0.15) is 11.3 Å². The summed E-state index contributed by atoms with van der Waals surface area (Å²) in [6.07, 6.45) is 1.04. The summed E-state index contributed by atoms with van der Waals surface area (Å²) in [5.74, 6) is 0. The highest BCUT2D eigenvalue weighted by Gasteiger charge is 2.19. The number of fused-ring (bicyclic) bond motifs is 3. The minimum atomic E-state index is 0.800. The van der Waals surface area contributed by atoms with Crippen molar-refractivity contribution in [1.82, 2.24) is 10.3 Å². The van der Waals surface area contributed by atoms with Crippen LogP contribution in [-0.4, -0.2) is 11.5 Å². The van der Waals surface area contributed by atoms with Gasteiger partial charge in [0.25, 0.3) is 0 Å². The van der Waals surface area contributed by atoms with E-state index in [1.54, 1.807) is 0 Å². The monoisotopic (exact) mass is 282 g/mol. The van der Waals surface area contributed by atoms with Crippen LogP contribution in [0.3, 0.4) is 0 Å². The van der Waals surface area contributed by atoms with E-state index < -0.39 is 0 Å². The third-order valence-corrected chi connectivity index (χ3v) is 4.35. The lowest BCUT2D eigenvalue weighted by Gasteiger charge is -2.14. The number of H-pyrrole nitrogens is 1. The van der Waals surface area contributed by atoms with Crippen molar-refractivity contribution in [2.24, 2.45) is 0 Å². The zero-order valence-corrected chi connectivity index (χ0v) is 11.8. The molecule has 20 heavy (non-hydrogen) atoms. The van der Waals surface area contributed by atoms with Gasteiger partial charge in [0.2, 0.25) is 0 Å². The molecule has 0 spiro atoms. The maximum Gasteiger partial charge on any atom is 0.0655 e. The van der Waals surface area contributed by atoms with E-state index >= 15 is 0 Å². The van der Waals surface area contributed by atoms with Gasteiger partial charge in [-0.1, -0.05) is 48.0 Å². The highest BCUT2D eigenvalue weighted by Crippen LogP contribution is 2.37. The molecule has 2 aromatic carbocycles. The average Bonchev–Trinajstić information content (AvgIpc) is 2.89. The quantitative estimate of drug-likeness (QED) is 0.690. The Kier molecular flexibility index (Phi) is 2.79. The van der Waals surface area contributed by atoms with E-state index in [1.165, 1.54) is 27.8 Å². The van der Waals surface area contributed by atoms with Gasteiger partial charge >= 0.3 is 0 Å². The summed E-state index contributed by atoms with van der Waals surface area (Å²) in [4.78, 5) is 3.52. The molecular formula is C17H15ClN2. The summed E-state index contributed by atoms with van der Waals surface area (Å²) in [6.45, 7) is 1.94. The molecule has 2 N–H and O–H groups in total. The van der Waals surface area contributed by atoms with Crippen molar-refractivity contribution in [1.29, 1.82) is 0 Å². The van der Waals surface area contributed by atoms with Crippen LogP contribution in [0.5, 0.6) is 0 Å². The van der Waals surface area contributed by atoms with Crippen molar-refractivity contribution < 1.29 is 0 Å². The van der Waals surface area contributed by atoms with E-state index in [4.69, 9.17) is 11.6 Å². The van der Waals surface area contributed by atoms with Gasteiger partial charge in [-0.3, -0.25) is 0 Å². The molecule has 0 unspecified atom stereocenters. The molecule has 1 aliphatic heterocycles. The summed E-state index contributed by atoms with van der Waals surface area (Å²) in [5, 5.41) is 5.52. The zero-order chi connectivity index (χ0) is 13.5. The molecule has 1 aliphatic rings. The molecule has 0 saturated heterocycles. The molecule has 0 saturated carbocycles. The number of aromatic nitrogens is 1. The largest absolute Gasteiger partial charge is 0.357 e. The van der Waals surface area contributed by atoms with Gasteiger partial charge in [-0.2, -0.15) is 0 Å². The minimum absolute atomic E-state index is 0.800. The number of hydrogen-bond donors (Lipinski definition) is 2. The number of nitrogens with one attached hydrogen (secondary N) is 2. The van der Waals surface area contributed by atoms with Gasteiger partial charge in [-0.15, -0.1) is 0 Å². The molecule has 0 aliphatic carbocycles. The van der Waals surface area contributed by atoms with Crippen LogP contribution in [0.15, 0.2) is 42.5 Å². The SMILES string of the molecule is Clc1ccc(-c2ccccc2)c2c3c([nH]c12)CCNC3. The zero-order valence-electron chi connectivity index (χ0n) is 11.0. The normalized spacial score (nSPS) is 14.4. The Bertz CT molecular complexity index is 775. The Balaban J connectivity index is 2.07. The number of rotatable bonds is 1. The van der Waals surface area contributed by atoms with Gasteiger partial charge < -0.3 is 10.3 Å². The smallest absolute Gasteiger partial charge is 0.0655 e. The van der Waals surface area contributed by atoms with Gasteiger partial charge in [0.15, 0.2) is 0 Å². The molecule has 3 heteroatoms. The van der Waals surface area contributed by atoms with E-state index in [0.29, 0.717) is 0 Å². The van der Waals surface area contributed by atoms with Gasteiger partial charge in [0, 0.05) is 30.6 Å². The Morgan fingerprint density at radius 2 is 1.85 bits per heavy atom. The van der Waals surface area contributed by atoms with E-state index in [-0.39, 0.29) is 0 Å². The molecule has 3 aromatic rings.